The Bertz CT molecular complexity index is 325. The van der Waals surface area contributed by atoms with E-state index in [9.17, 15) is 0 Å². The van der Waals surface area contributed by atoms with Gasteiger partial charge in [-0.25, -0.2) is 0 Å². The molecule has 1 heterocycles. The zero-order chi connectivity index (χ0) is 10.9. The van der Waals surface area contributed by atoms with Crippen LogP contribution in [0.25, 0.3) is 0 Å². The molecule has 1 nitrogen and oxygen atoms in total. The lowest BCUT2D eigenvalue weighted by molar-refractivity contribution is 0.378. The maximum Gasteiger partial charge on any atom is 0.0166 e. The van der Waals surface area contributed by atoms with Gasteiger partial charge < -0.3 is 5.32 Å². The van der Waals surface area contributed by atoms with Crippen molar-refractivity contribution in [2.24, 2.45) is 5.41 Å². The Morgan fingerprint density at radius 2 is 2.07 bits per heavy atom. The highest BCUT2D eigenvalue weighted by Gasteiger charge is 2.43. The second-order valence-electron chi connectivity index (χ2n) is 4.92. The molecule has 0 spiro atoms. The van der Waals surface area contributed by atoms with Crippen molar-refractivity contribution in [3.8, 4) is 0 Å². The SMILES string of the molecule is CCc1ccc(CC(NC)C2(C)CC2)s1. The summed E-state index contributed by atoms with van der Waals surface area (Å²) >= 11 is 1.98. The Morgan fingerprint density at radius 1 is 1.40 bits per heavy atom. The standard InChI is InChI=1S/C13H21NS/c1-4-10-5-6-11(15-10)9-12(14-3)13(2)7-8-13/h5-6,12,14H,4,7-9H2,1-3H3. The summed E-state index contributed by atoms with van der Waals surface area (Å²) in [5.41, 5.74) is 0.575. The van der Waals surface area contributed by atoms with E-state index in [0.717, 1.165) is 0 Å². The van der Waals surface area contributed by atoms with Gasteiger partial charge in [0.15, 0.2) is 0 Å². The van der Waals surface area contributed by atoms with Crippen molar-refractivity contribution in [3.05, 3.63) is 21.9 Å². The largest absolute Gasteiger partial charge is 0.316 e. The predicted molar refractivity (Wildman–Crippen MR) is 67.6 cm³/mol. The van der Waals surface area contributed by atoms with Crippen LogP contribution >= 0.6 is 11.3 Å². The monoisotopic (exact) mass is 223 g/mol. The molecule has 1 aliphatic rings. The minimum Gasteiger partial charge on any atom is -0.316 e. The molecule has 1 aromatic rings. The molecular weight excluding hydrogens is 202 g/mol. The molecule has 0 radical (unpaired) electrons. The van der Waals surface area contributed by atoms with E-state index in [0.29, 0.717) is 11.5 Å². The molecule has 1 aliphatic carbocycles. The lowest BCUT2D eigenvalue weighted by atomic mass is 9.95. The number of hydrogen-bond donors (Lipinski definition) is 1. The van der Waals surface area contributed by atoms with E-state index in [1.54, 1.807) is 4.88 Å². The summed E-state index contributed by atoms with van der Waals surface area (Å²) in [6.07, 6.45) is 5.17. The first-order chi connectivity index (χ1) is 7.18. The van der Waals surface area contributed by atoms with Crippen LogP contribution in [0, 0.1) is 5.41 Å². The molecule has 1 fully saturated rings. The minimum atomic E-state index is 0.575. The Hall–Kier alpha value is -0.340. The van der Waals surface area contributed by atoms with Crippen LogP contribution in [0.2, 0.25) is 0 Å². The number of aryl methyl sites for hydroxylation is 1. The highest BCUT2D eigenvalue weighted by molar-refractivity contribution is 7.11. The van der Waals surface area contributed by atoms with Crippen molar-refractivity contribution in [3.63, 3.8) is 0 Å². The van der Waals surface area contributed by atoms with Gasteiger partial charge in [-0.15, -0.1) is 11.3 Å². The van der Waals surface area contributed by atoms with E-state index in [1.165, 1.54) is 30.6 Å². The van der Waals surface area contributed by atoms with E-state index in [1.807, 2.05) is 11.3 Å². The van der Waals surface area contributed by atoms with E-state index >= 15 is 0 Å². The zero-order valence-electron chi connectivity index (χ0n) is 9.97. The number of thiophene rings is 1. The Balaban J connectivity index is 2.00. The van der Waals surface area contributed by atoms with Crippen LogP contribution < -0.4 is 5.32 Å². The number of likely N-dealkylation sites (N-methyl/N-ethyl adjacent to an activating group) is 1. The van der Waals surface area contributed by atoms with Gasteiger partial charge in [-0.05, 0) is 50.3 Å². The maximum absolute atomic E-state index is 3.49. The van der Waals surface area contributed by atoms with Gasteiger partial charge in [0.1, 0.15) is 0 Å². The highest BCUT2D eigenvalue weighted by atomic mass is 32.1. The van der Waals surface area contributed by atoms with E-state index < -0.39 is 0 Å². The van der Waals surface area contributed by atoms with Crippen molar-refractivity contribution in [2.45, 2.75) is 45.6 Å². The molecule has 1 unspecified atom stereocenters. The Morgan fingerprint density at radius 3 is 2.53 bits per heavy atom. The third kappa shape index (κ3) is 2.43. The lowest BCUT2D eigenvalue weighted by Crippen LogP contribution is -2.35. The summed E-state index contributed by atoms with van der Waals surface area (Å²) in [6.45, 7) is 4.63. The summed E-state index contributed by atoms with van der Waals surface area (Å²) in [5, 5.41) is 3.49. The quantitative estimate of drug-likeness (QED) is 0.808. The van der Waals surface area contributed by atoms with Crippen LogP contribution in [0.4, 0.5) is 0 Å². The van der Waals surface area contributed by atoms with E-state index in [-0.39, 0.29) is 0 Å². The summed E-state index contributed by atoms with van der Waals surface area (Å²) < 4.78 is 0. The Labute approximate surface area is 96.9 Å². The number of nitrogens with one attached hydrogen (secondary N) is 1. The molecule has 0 amide bonds. The smallest absolute Gasteiger partial charge is 0.0166 e. The molecule has 1 N–H and O–H groups in total. The van der Waals surface area contributed by atoms with Gasteiger partial charge in [-0.3, -0.25) is 0 Å². The molecule has 15 heavy (non-hydrogen) atoms. The van der Waals surface area contributed by atoms with Crippen molar-refractivity contribution in [1.29, 1.82) is 0 Å². The van der Waals surface area contributed by atoms with Crippen molar-refractivity contribution >= 4 is 11.3 Å². The van der Waals surface area contributed by atoms with Crippen LogP contribution in [-0.2, 0) is 12.8 Å². The fourth-order valence-electron chi connectivity index (χ4n) is 2.17. The van der Waals surface area contributed by atoms with Crippen molar-refractivity contribution in [2.75, 3.05) is 7.05 Å². The predicted octanol–water partition coefficient (Wildman–Crippen LogP) is 3.24. The first-order valence-electron chi connectivity index (χ1n) is 5.93. The van der Waals surface area contributed by atoms with Gasteiger partial charge in [0.2, 0.25) is 0 Å². The normalized spacial score (nSPS) is 20.2. The average molecular weight is 223 g/mol. The molecule has 84 valence electrons. The summed E-state index contributed by atoms with van der Waals surface area (Å²) in [5.74, 6) is 0. The molecule has 0 bridgehead atoms. The zero-order valence-corrected chi connectivity index (χ0v) is 10.8. The van der Waals surface area contributed by atoms with Crippen LogP contribution in [0.15, 0.2) is 12.1 Å². The number of hydrogen-bond acceptors (Lipinski definition) is 2. The van der Waals surface area contributed by atoms with Gasteiger partial charge in [0.25, 0.3) is 0 Å². The molecule has 2 heteroatoms. The third-order valence-corrected chi connectivity index (χ3v) is 4.95. The molecule has 1 atom stereocenters. The molecule has 1 saturated carbocycles. The number of rotatable bonds is 5. The van der Waals surface area contributed by atoms with Crippen LogP contribution in [0.3, 0.4) is 0 Å². The average Bonchev–Trinajstić information content (AvgIpc) is 2.83. The second kappa shape index (κ2) is 4.26. The summed E-state index contributed by atoms with van der Waals surface area (Å²) in [7, 11) is 2.10. The van der Waals surface area contributed by atoms with Gasteiger partial charge >= 0.3 is 0 Å². The molecule has 0 aliphatic heterocycles. The molecule has 0 saturated heterocycles. The lowest BCUT2D eigenvalue weighted by Gasteiger charge is -2.22. The molecular formula is C13H21NS. The van der Waals surface area contributed by atoms with E-state index in [2.05, 4.69) is 38.3 Å². The van der Waals surface area contributed by atoms with Gasteiger partial charge in [-0.1, -0.05) is 13.8 Å². The fraction of sp³-hybridized carbons (Fsp3) is 0.692. The van der Waals surface area contributed by atoms with Crippen molar-refractivity contribution in [1.82, 2.24) is 5.32 Å². The fourth-order valence-corrected chi connectivity index (χ4v) is 3.17. The first kappa shape index (κ1) is 11.2. The third-order valence-electron chi connectivity index (χ3n) is 3.70. The van der Waals surface area contributed by atoms with Gasteiger partial charge in [0, 0.05) is 15.8 Å². The summed E-state index contributed by atoms with van der Waals surface area (Å²) in [4.78, 5) is 3.06. The van der Waals surface area contributed by atoms with Crippen LogP contribution in [0.1, 0.15) is 36.4 Å². The molecule has 2 rings (SSSR count). The molecule has 0 aromatic carbocycles. The second-order valence-corrected chi connectivity index (χ2v) is 6.17. The first-order valence-corrected chi connectivity index (χ1v) is 6.74. The van der Waals surface area contributed by atoms with Gasteiger partial charge in [0.05, 0.1) is 0 Å². The molecule has 1 aromatic heterocycles. The van der Waals surface area contributed by atoms with Crippen LogP contribution in [0.5, 0.6) is 0 Å². The maximum atomic E-state index is 3.49. The topological polar surface area (TPSA) is 12.0 Å². The van der Waals surface area contributed by atoms with Gasteiger partial charge in [-0.2, -0.15) is 0 Å². The Kier molecular flexibility index (Phi) is 3.17. The highest BCUT2D eigenvalue weighted by Crippen LogP contribution is 2.49. The van der Waals surface area contributed by atoms with Crippen LogP contribution in [-0.4, -0.2) is 13.1 Å². The van der Waals surface area contributed by atoms with E-state index in [4.69, 9.17) is 0 Å². The van der Waals surface area contributed by atoms with Crippen molar-refractivity contribution < 1.29 is 0 Å². The summed E-state index contributed by atoms with van der Waals surface area (Å²) in [6, 6.07) is 5.25. The minimum absolute atomic E-state index is 0.575.